The topological polar surface area (TPSA) is 76.2 Å². The molecule has 7 heteroatoms. The Morgan fingerprint density at radius 3 is 2.13 bits per heavy atom. The third kappa shape index (κ3) is 5.23. The molecule has 0 N–H and O–H groups in total. The molecule has 0 unspecified atom stereocenters. The molecule has 1 fully saturated rings. The van der Waals surface area contributed by atoms with Crippen LogP contribution in [-0.2, 0) is 9.59 Å². The summed E-state index contributed by atoms with van der Waals surface area (Å²) < 4.78 is 11.6. The van der Waals surface area contributed by atoms with Gasteiger partial charge in [-0.2, -0.15) is 0 Å². The number of carbonyl (C=O) groups is 3. The van der Waals surface area contributed by atoms with Gasteiger partial charge in [0.25, 0.3) is 0 Å². The van der Waals surface area contributed by atoms with E-state index >= 15 is 0 Å². The molecular formula is C24H28N2O5. The summed E-state index contributed by atoms with van der Waals surface area (Å²) in [5.74, 6) is -0.204. The molecule has 2 aromatic rings. The molecule has 0 bridgehead atoms. The third-order valence-corrected chi connectivity index (χ3v) is 4.89. The average molecular weight is 424 g/mol. The highest BCUT2D eigenvalue weighted by atomic mass is 16.5. The van der Waals surface area contributed by atoms with Crippen molar-refractivity contribution < 1.29 is 23.9 Å². The lowest BCUT2D eigenvalue weighted by Crippen LogP contribution is -2.55. The molecule has 31 heavy (non-hydrogen) atoms. The Morgan fingerprint density at radius 1 is 0.806 bits per heavy atom. The Balaban J connectivity index is 1.97. The van der Waals surface area contributed by atoms with Crippen molar-refractivity contribution in [3.63, 3.8) is 0 Å². The molecule has 0 saturated carbocycles. The summed E-state index contributed by atoms with van der Waals surface area (Å²) in [5.41, 5.74) is 0.701. The first-order chi connectivity index (χ1) is 15.1. The van der Waals surface area contributed by atoms with Crippen LogP contribution in [0.25, 0.3) is 0 Å². The van der Waals surface area contributed by atoms with Crippen molar-refractivity contribution in [3.8, 4) is 11.5 Å². The SMILES string of the molecule is CCCCOc1ccc(OCCCC)c(N2C(=O)CC(=O)N(c3ccccc3)C2=O)c1. The fourth-order valence-electron chi connectivity index (χ4n) is 3.21. The molecule has 2 aromatic carbocycles. The number of para-hydroxylation sites is 1. The second-order valence-electron chi connectivity index (χ2n) is 7.29. The van der Waals surface area contributed by atoms with E-state index in [0.29, 0.717) is 30.4 Å². The van der Waals surface area contributed by atoms with E-state index in [2.05, 4.69) is 13.8 Å². The maximum atomic E-state index is 13.3. The molecule has 1 aliphatic heterocycles. The fraction of sp³-hybridized carbons (Fsp3) is 0.375. The van der Waals surface area contributed by atoms with Gasteiger partial charge in [0.05, 0.1) is 24.6 Å². The molecule has 0 aliphatic carbocycles. The maximum absolute atomic E-state index is 13.3. The highest BCUT2D eigenvalue weighted by Gasteiger charge is 2.41. The predicted molar refractivity (Wildman–Crippen MR) is 119 cm³/mol. The van der Waals surface area contributed by atoms with Crippen LogP contribution in [0.15, 0.2) is 48.5 Å². The molecule has 4 amide bonds. The van der Waals surface area contributed by atoms with Crippen molar-refractivity contribution in [2.45, 2.75) is 46.0 Å². The van der Waals surface area contributed by atoms with Crippen LogP contribution >= 0.6 is 0 Å². The van der Waals surface area contributed by atoms with Gasteiger partial charge in [0.1, 0.15) is 17.9 Å². The van der Waals surface area contributed by atoms with Gasteiger partial charge in [0.15, 0.2) is 0 Å². The summed E-state index contributed by atoms with van der Waals surface area (Å²) in [6, 6.07) is 13.0. The van der Waals surface area contributed by atoms with Gasteiger partial charge < -0.3 is 9.47 Å². The first-order valence-corrected chi connectivity index (χ1v) is 10.7. The van der Waals surface area contributed by atoms with E-state index in [4.69, 9.17) is 9.47 Å². The van der Waals surface area contributed by atoms with Gasteiger partial charge in [-0.15, -0.1) is 0 Å². The molecule has 1 aliphatic rings. The van der Waals surface area contributed by atoms with Crippen LogP contribution in [0.1, 0.15) is 46.0 Å². The van der Waals surface area contributed by atoms with Crippen molar-refractivity contribution in [2.75, 3.05) is 23.0 Å². The second kappa shape index (κ2) is 10.6. The maximum Gasteiger partial charge on any atom is 0.342 e. The lowest BCUT2D eigenvalue weighted by molar-refractivity contribution is -0.126. The lowest BCUT2D eigenvalue weighted by Gasteiger charge is -2.33. The number of hydrogen-bond donors (Lipinski definition) is 0. The zero-order valence-corrected chi connectivity index (χ0v) is 18.0. The van der Waals surface area contributed by atoms with E-state index in [0.717, 1.165) is 35.5 Å². The molecule has 3 rings (SSSR count). The Labute approximate surface area is 182 Å². The van der Waals surface area contributed by atoms with Crippen molar-refractivity contribution in [1.29, 1.82) is 0 Å². The van der Waals surface area contributed by atoms with Gasteiger partial charge in [-0.1, -0.05) is 44.9 Å². The Morgan fingerprint density at radius 2 is 1.45 bits per heavy atom. The summed E-state index contributed by atoms with van der Waals surface area (Å²) in [7, 11) is 0. The van der Waals surface area contributed by atoms with Crippen molar-refractivity contribution in [2.24, 2.45) is 0 Å². The number of benzene rings is 2. The fourth-order valence-corrected chi connectivity index (χ4v) is 3.21. The first kappa shape index (κ1) is 22.3. The first-order valence-electron chi connectivity index (χ1n) is 10.7. The minimum atomic E-state index is -0.724. The van der Waals surface area contributed by atoms with Gasteiger partial charge in [-0.3, -0.25) is 9.59 Å². The highest BCUT2D eigenvalue weighted by Crippen LogP contribution is 2.36. The molecule has 7 nitrogen and oxygen atoms in total. The second-order valence-corrected chi connectivity index (χ2v) is 7.29. The number of amides is 4. The van der Waals surface area contributed by atoms with Gasteiger partial charge in [0, 0.05) is 6.07 Å². The molecular weight excluding hydrogens is 396 g/mol. The number of urea groups is 1. The van der Waals surface area contributed by atoms with Crippen LogP contribution < -0.4 is 19.3 Å². The number of imide groups is 2. The lowest BCUT2D eigenvalue weighted by atomic mass is 10.1. The van der Waals surface area contributed by atoms with Crippen LogP contribution in [0, 0.1) is 0 Å². The molecule has 0 spiro atoms. The monoisotopic (exact) mass is 424 g/mol. The van der Waals surface area contributed by atoms with Gasteiger partial charge in [0.2, 0.25) is 11.8 Å². The molecule has 1 heterocycles. The van der Waals surface area contributed by atoms with Crippen molar-refractivity contribution in [3.05, 3.63) is 48.5 Å². The largest absolute Gasteiger partial charge is 0.494 e. The van der Waals surface area contributed by atoms with E-state index < -0.39 is 24.3 Å². The minimum absolute atomic E-state index is 0.286. The smallest absolute Gasteiger partial charge is 0.342 e. The van der Waals surface area contributed by atoms with E-state index in [1.165, 1.54) is 0 Å². The number of hydrogen-bond acceptors (Lipinski definition) is 5. The Kier molecular flexibility index (Phi) is 7.65. The van der Waals surface area contributed by atoms with Crippen LogP contribution in [0.5, 0.6) is 11.5 Å². The van der Waals surface area contributed by atoms with Gasteiger partial charge in [-0.25, -0.2) is 14.6 Å². The number of ether oxygens (including phenoxy) is 2. The van der Waals surface area contributed by atoms with Crippen molar-refractivity contribution >= 4 is 29.2 Å². The Bertz CT molecular complexity index is 929. The molecule has 0 aromatic heterocycles. The summed E-state index contributed by atoms with van der Waals surface area (Å²) in [6.07, 6.45) is 3.26. The van der Waals surface area contributed by atoms with Gasteiger partial charge >= 0.3 is 6.03 Å². The minimum Gasteiger partial charge on any atom is -0.494 e. The summed E-state index contributed by atoms with van der Waals surface area (Å²) in [6.45, 7) is 5.11. The standard InChI is InChI=1S/C24H28N2O5/c1-3-5-14-30-19-12-13-21(31-15-6-4-2)20(16-19)26-23(28)17-22(27)25(24(26)29)18-10-8-7-9-11-18/h7-13,16H,3-6,14-15,17H2,1-2H3. The molecule has 0 atom stereocenters. The summed E-state index contributed by atoms with van der Waals surface area (Å²) >= 11 is 0. The molecule has 1 saturated heterocycles. The van der Waals surface area contributed by atoms with E-state index in [1.54, 1.807) is 48.5 Å². The Hall–Kier alpha value is -3.35. The van der Waals surface area contributed by atoms with Crippen molar-refractivity contribution in [1.82, 2.24) is 0 Å². The van der Waals surface area contributed by atoms with Crippen LogP contribution in [0.2, 0.25) is 0 Å². The quantitative estimate of drug-likeness (QED) is 0.399. The number of anilines is 2. The number of barbiturate groups is 1. The highest BCUT2D eigenvalue weighted by molar-refractivity contribution is 6.35. The summed E-state index contributed by atoms with van der Waals surface area (Å²) in [5, 5.41) is 0. The van der Waals surface area contributed by atoms with E-state index in [-0.39, 0.29) is 5.69 Å². The zero-order valence-electron chi connectivity index (χ0n) is 18.0. The van der Waals surface area contributed by atoms with Crippen LogP contribution in [0.4, 0.5) is 16.2 Å². The van der Waals surface area contributed by atoms with E-state index in [1.807, 2.05) is 0 Å². The molecule has 164 valence electrons. The number of nitrogens with zero attached hydrogens (tertiary/aromatic N) is 2. The number of carbonyl (C=O) groups excluding carboxylic acids is 3. The van der Waals surface area contributed by atoms with Gasteiger partial charge in [-0.05, 0) is 37.1 Å². The molecule has 0 radical (unpaired) electrons. The van der Waals surface area contributed by atoms with Crippen LogP contribution in [-0.4, -0.2) is 31.1 Å². The zero-order chi connectivity index (χ0) is 22.2. The third-order valence-electron chi connectivity index (χ3n) is 4.89. The van der Waals surface area contributed by atoms with Crippen LogP contribution in [0.3, 0.4) is 0 Å². The number of unbranched alkanes of at least 4 members (excludes halogenated alkanes) is 2. The summed E-state index contributed by atoms with van der Waals surface area (Å²) in [4.78, 5) is 40.7. The van der Waals surface area contributed by atoms with E-state index in [9.17, 15) is 14.4 Å². The average Bonchev–Trinajstić information content (AvgIpc) is 2.76. The predicted octanol–water partition coefficient (Wildman–Crippen LogP) is 4.93. The number of rotatable bonds is 10. The normalized spacial score (nSPS) is 14.2.